The van der Waals surface area contributed by atoms with Gasteiger partial charge in [0, 0.05) is 19.8 Å². The Kier molecular flexibility index (Phi) is 3.98. The molecule has 18 heavy (non-hydrogen) atoms. The van der Waals surface area contributed by atoms with Crippen molar-refractivity contribution in [3.63, 3.8) is 0 Å². The van der Waals surface area contributed by atoms with Crippen LogP contribution in [0.2, 0.25) is 0 Å². The lowest BCUT2D eigenvalue weighted by Crippen LogP contribution is -2.04. The number of thioether (sulfide) groups is 1. The number of aromatic nitrogens is 5. The van der Waals surface area contributed by atoms with Gasteiger partial charge in [0.2, 0.25) is 0 Å². The van der Waals surface area contributed by atoms with Crippen molar-refractivity contribution in [2.45, 2.75) is 18.1 Å². The average molecular weight is 267 g/mol. The number of nitrogens with zero attached hydrogens (tertiary/aromatic N) is 5. The Morgan fingerprint density at radius 2 is 2.39 bits per heavy atom. The van der Waals surface area contributed by atoms with Crippen molar-refractivity contribution in [1.82, 2.24) is 24.5 Å². The minimum absolute atomic E-state index is 0.00835. The van der Waals surface area contributed by atoms with Gasteiger partial charge in [-0.25, -0.2) is 0 Å². The molecular weight excluding hydrogens is 254 g/mol. The molecule has 2 aromatic rings. The number of rotatable bonds is 6. The van der Waals surface area contributed by atoms with E-state index in [1.165, 1.54) is 11.8 Å². The first kappa shape index (κ1) is 12.6. The van der Waals surface area contributed by atoms with Crippen LogP contribution in [0, 0.1) is 0 Å². The molecule has 0 atom stereocenters. The zero-order chi connectivity index (χ0) is 13.0. The van der Waals surface area contributed by atoms with Crippen LogP contribution in [-0.2, 0) is 24.8 Å². The Morgan fingerprint density at radius 3 is 3.06 bits per heavy atom. The number of aliphatic carboxylic acids is 1. The first-order valence-electron chi connectivity index (χ1n) is 5.35. The van der Waals surface area contributed by atoms with E-state index in [9.17, 15) is 4.79 Å². The lowest BCUT2D eigenvalue weighted by Gasteiger charge is -2.03. The molecule has 7 nitrogen and oxygen atoms in total. The maximum atomic E-state index is 10.5. The van der Waals surface area contributed by atoms with Gasteiger partial charge in [-0.2, -0.15) is 5.10 Å². The van der Waals surface area contributed by atoms with Crippen molar-refractivity contribution in [3.8, 4) is 0 Å². The lowest BCUT2D eigenvalue weighted by molar-refractivity contribution is -0.133. The van der Waals surface area contributed by atoms with Gasteiger partial charge in [0.05, 0.1) is 11.9 Å². The minimum Gasteiger partial charge on any atom is -0.481 e. The van der Waals surface area contributed by atoms with E-state index >= 15 is 0 Å². The van der Waals surface area contributed by atoms with Crippen LogP contribution in [0.3, 0.4) is 0 Å². The summed E-state index contributed by atoms with van der Waals surface area (Å²) in [5.74, 6) is -0.868. The molecule has 0 amide bonds. The summed E-state index contributed by atoms with van der Waals surface area (Å²) in [6.45, 7) is 0.709. The van der Waals surface area contributed by atoms with Gasteiger partial charge >= 0.3 is 5.97 Å². The molecule has 0 aliphatic heterocycles. The van der Waals surface area contributed by atoms with Crippen molar-refractivity contribution in [2.24, 2.45) is 7.05 Å². The highest BCUT2D eigenvalue weighted by Gasteiger charge is 2.08. The van der Waals surface area contributed by atoms with Crippen molar-refractivity contribution in [2.75, 3.05) is 5.75 Å². The second-order valence-corrected chi connectivity index (χ2v) is 4.70. The van der Waals surface area contributed by atoms with E-state index in [1.54, 1.807) is 11.0 Å². The molecule has 0 bridgehead atoms. The topological polar surface area (TPSA) is 85.8 Å². The van der Waals surface area contributed by atoms with Crippen LogP contribution in [0.1, 0.15) is 5.56 Å². The molecule has 96 valence electrons. The van der Waals surface area contributed by atoms with Gasteiger partial charge in [-0.15, -0.1) is 10.2 Å². The van der Waals surface area contributed by atoms with E-state index in [-0.39, 0.29) is 5.75 Å². The molecule has 0 spiro atoms. The van der Waals surface area contributed by atoms with E-state index in [1.807, 2.05) is 24.0 Å². The molecule has 0 aromatic carbocycles. The van der Waals surface area contributed by atoms with Crippen LogP contribution in [0.15, 0.2) is 23.9 Å². The van der Waals surface area contributed by atoms with Crippen LogP contribution in [-0.4, -0.2) is 41.4 Å². The first-order valence-corrected chi connectivity index (χ1v) is 6.33. The van der Waals surface area contributed by atoms with Crippen LogP contribution in [0.4, 0.5) is 0 Å². The fraction of sp³-hybridized carbons (Fsp3) is 0.400. The average Bonchev–Trinajstić information content (AvgIpc) is 2.92. The molecule has 0 aliphatic rings. The maximum Gasteiger partial charge on any atom is 0.313 e. The van der Waals surface area contributed by atoms with Gasteiger partial charge in [-0.05, 0) is 12.0 Å². The monoisotopic (exact) mass is 267 g/mol. The Bertz CT molecular complexity index is 536. The van der Waals surface area contributed by atoms with Crippen LogP contribution < -0.4 is 0 Å². The van der Waals surface area contributed by atoms with Crippen molar-refractivity contribution in [1.29, 1.82) is 0 Å². The normalized spacial score (nSPS) is 10.7. The summed E-state index contributed by atoms with van der Waals surface area (Å²) in [5.41, 5.74) is 1.13. The molecule has 2 heterocycles. The summed E-state index contributed by atoms with van der Waals surface area (Å²) in [6.07, 6.45) is 6.19. The summed E-state index contributed by atoms with van der Waals surface area (Å²) in [4.78, 5) is 10.5. The molecule has 2 aromatic heterocycles. The number of hydrogen-bond donors (Lipinski definition) is 1. The Morgan fingerprint density at radius 1 is 1.56 bits per heavy atom. The van der Waals surface area contributed by atoms with E-state index in [4.69, 9.17) is 5.11 Å². The number of carbonyl (C=O) groups is 1. The molecule has 0 aliphatic carbocycles. The van der Waals surface area contributed by atoms with Crippen LogP contribution in [0.25, 0.3) is 0 Å². The Hall–Kier alpha value is -1.83. The molecule has 0 fully saturated rings. The molecule has 0 saturated carbocycles. The van der Waals surface area contributed by atoms with Gasteiger partial charge in [-0.1, -0.05) is 11.8 Å². The summed E-state index contributed by atoms with van der Waals surface area (Å²) < 4.78 is 3.60. The lowest BCUT2D eigenvalue weighted by atomic mass is 10.2. The van der Waals surface area contributed by atoms with Crippen LogP contribution in [0.5, 0.6) is 0 Å². The standard InChI is InChI=1S/C10H13N5O2S/c1-14-5-8(4-12-14)2-3-15-7-11-13-10(15)18-6-9(16)17/h4-5,7H,2-3,6H2,1H3,(H,16,17). The van der Waals surface area contributed by atoms with Gasteiger partial charge in [0.25, 0.3) is 0 Å². The second kappa shape index (κ2) is 5.67. The zero-order valence-corrected chi connectivity index (χ0v) is 10.7. The maximum absolute atomic E-state index is 10.5. The predicted octanol–water partition coefficient (Wildman–Crippen LogP) is 0.431. The fourth-order valence-corrected chi connectivity index (χ4v) is 2.15. The fourth-order valence-electron chi connectivity index (χ4n) is 1.49. The Labute approximate surface area is 108 Å². The van der Waals surface area contributed by atoms with E-state index in [0.29, 0.717) is 11.7 Å². The van der Waals surface area contributed by atoms with Crippen molar-refractivity contribution >= 4 is 17.7 Å². The number of carboxylic acid groups (broad SMARTS) is 1. The largest absolute Gasteiger partial charge is 0.481 e. The summed E-state index contributed by atoms with van der Waals surface area (Å²) >= 11 is 1.17. The Balaban J connectivity index is 1.93. The van der Waals surface area contributed by atoms with E-state index in [0.717, 1.165) is 12.0 Å². The zero-order valence-electron chi connectivity index (χ0n) is 9.85. The van der Waals surface area contributed by atoms with Crippen molar-refractivity contribution < 1.29 is 9.90 Å². The molecule has 0 radical (unpaired) electrons. The SMILES string of the molecule is Cn1cc(CCn2cnnc2SCC(=O)O)cn1. The van der Waals surface area contributed by atoms with E-state index in [2.05, 4.69) is 15.3 Å². The molecular formula is C10H13N5O2S. The smallest absolute Gasteiger partial charge is 0.313 e. The molecule has 2 rings (SSSR count). The third-order valence-electron chi connectivity index (χ3n) is 2.30. The number of hydrogen-bond acceptors (Lipinski definition) is 5. The molecule has 8 heteroatoms. The molecule has 0 saturated heterocycles. The molecule has 0 unspecified atom stereocenters. The highest BCUT2D eigenvalue weighted by Crippen LogP contribution is 2.14. The summed E-state index contributed by atoms with van der Waals surface area (Å²) in [5, 5.41) is 21.0. The van der Waals surface area contributed by atoms with Gasteiger partial charge in [0.1, 0.15) is 6.33 Å². The van der Waals surface area contributed by atoms with Crippen molar-refractivity contribution in [3.05, 3.63) is 24.3 Å². The quantitative estimate of drug-likeness (QED) is 0.764. The molecule has 1 N–H and O–H groups in total. The third kappa shape index (κ3) is 3.33. The van der Waals surface area contributed by atoms with Gasteiger partial charge in [-0.3, -0.25) is 9.48 Å². The highest BCUT2D eigenvalue weighted by molar-refractivity contribution is 7.99. The highest BCUT2D eigenvalue weighted by atomic mass is 32.2. The van der Waals surface area contributed by atoms with Gasteiger partial charge in [0.15, 0.2) is 5.16 Å². The summed E-state index contributed by atoms with van der Waals surface area (Å²) in [6, 6.07) is 0. The number of aryl methyl sites for hydroxylation is 3. The first-order chi connectivity index (χ1) is 8.65. The number of carboxylic acids is 1. The minimum atomic E-state index is -0.859. The van der Waals surface area contributed by atoms with Crippen LogP contribution >= 0.6 is 11.8 Å². The van der Waals surface area contributed by atoms with Gasteiger partial charge < -0.3 is 9.67 Å². The summed E-state index contributed by atoms with van der Waals surface area (Å²) in [7, 11) is 1.87. The second-order valence-electron chi connectivity index (χ2n) is 3.76. The predicted molar refractivity (Wildman–Crippen MR) is 65.3 cm³/mol. The van der Waals surface area contributed by atoms with E-state index < -0.39 is 5.97 Å². The third-order valence-corrected chi connectivity index (χ3v) is 3.27.